The lowest BCUT2D eigenvalue weighted by molar-refractivity contribution is 0.307. The lowest BCUT2D eigenvalue weighted by Crippen LogP contribution is -2.46. The molecule has 2 aromatic rings. The molecule has 2 aliphatic rings. The Balaban J connectivity index is 1.83. The van der Waals surface area contributed by atoms with Gasteiger partial charge >= 0.3 is 0 Å². The van der Waals surface area contributed by atoms with Gasteiger partial charge in [-0.15, -0.1) is 0 Å². The van der Waals surface area contributed by atoms with Crippen LogP contribution >= 0.6 is 0 Å². The van der Waals surface area contributed by atoms with Gasteiger partial charge in [0.15, 0.2) is 0 Å². The van der Waals surface area contributed by atoms with Gasteiger partial charge in [-0.25, -0.2) is 12.8 Å². The molecule has 0 spiro atoms. The molecule has 2 heterocycles. The largest absolute Gasteiger partial charge is 0.489 e. The fourth-order valence-corrected chi connectivity index (χ4v) is 4.78. The molecule has 0 radical (unpaired) electrons. The van der Waals surface area contributed by atoms with Crippen LogP contribution in [0.4, 0.5) is 15.8 Å². The number of hydrogen-bond donors (Lipinski definition) is 0. The third kappa shape index (κ3) is 2.23. The standard InChI is InChI=1S/C17H17FN2O3S/c1-12-11-13(5-6-14(12)18)24(21,22)20-8-7-19-9-10-23-16-4-2-3-15(20)17(16)19/h2-6,11H,7-10H2,1H3. The zero-order valence-electron chi connectivity index (χ0n) is 13.2. The molecule has 0 saturated heterocycles. The first-order valence-electron chi connectivity index (χ1n) is 7.78. The first-order chi connectivity index (χ1) is 11.5. The highest BCUT2D eigenvalue weighted by Gasteiger charge is 2.35. The SMILES string of the molecule is Cc1cc(S(=O)(=O)N2CCN3CCOc4cccc2c43)ccc1F. The van der Waals surface area contributed by atoms with Crippen molar-refractivity contribution >= 4 is 21.4 Å². The molecule has 0 fully saturated rings. The summed E-state index contributed by atoms with van der Waals surface area (Å²) in [5.74, 6) is 0.290. The van der Waals surface area contributed by atoms with Gasteiger partial charge in [-0.3, -0.25) is 4.31 Å². The molecule has 7 heteroatoms. The average molecular weight is 348 g/mol. The van der Waals surface area contributed by atoms with Crippen LogP contribution in [0.5, 0.6) is 5.75 Å². The van der Waals surface area contributed by atoms with Gasteiger partial charge in [0, 0.05) is 6.54 Å². The van der Waals surface area contributed by atoms with Crippen molar-refractivity contribution in [3.05, 3.63) is 47.8 Å². The Kier molecular flexibility index (Phi) is 3.42. The zero-order valence-corrected chi connectivity index (χ0v) is 14.0. The summed E-state index contributed by atoms with van der Waals surface area (Å²) < 4.78 is 46.7. The lowest BCUT2D eigenvalue weighted by Gasteiger charge is -2.41. The number of sulfonamides is 1. The van der Waals surface area contributed by atoms with E-state index in [1.54, 1.807) is 19.1 Å². The molecule has 0 saturated carbocycles. The number of nitrogens with zero attached hydrogens (tertiary/aromatic N) is 2. The van der Waals surface area contributed by atoms with Crippen molar-refractivity contribution in [2.75, 3.05) is 35.4 Å². The zero-order chi connectivity index (χ0) is 16.9. The van der Waals surface area contributed by atoms with Gasteiger partial charge in [-0.05, 0) is 42.8 Å². The number of ether oxygens (including phenoxy) is 1. The molecule has 5 nitrogen and oxygen atoms in total. The van der Waals surface area contributed by atoms with E-state index in [1.165, 1.54) is 22.5 Å². The topological polar surface area (TPSA) is 49.9 Å². The second-order valence-corrected chi connectivity index (χ2v) is 7.81. The van der Waals surface area contributed by atoms with Crippen LogP contribution in [0.25, 0.3) is 0 Å². The van der Waals surface area contributed by atoms with E-state index >= 15 is 0 Å². The smallest absolute Gasteiger partial charge is 0.264 e. The third-order valence-electron chi connectivity index (χ3n) is 4.47. The van der Waals surface area contributed by atoms with E-state index in [-0.39, 0.29) is 4.90 Å². The molecule has 0 bridgehead atoms. The predicted molar refractivity (Wildman–Crippen MR) is 89.8 cm³/mol. The molecule has 0 atom stereocenters. The van der Waals surface area contributed by atoms with Crippen LogP contribution in [0.2, 0.25) is 0 Å². The molecule has 24 heavy (non-hydrogen) atoms. The van der Waals surface area contributed by atoms with Crippen LogP contribution in [0, 0.1) is 12.7 Å². The maximum Gasteiger partial charge on any atom is 0.264 e. The van der Waals surface area contributed by atoms with Gasteiger partial charge in [-0.2, -0.15) is 0 Å². The van der Waals surface area contributed by atoms with E-state index in [0.29, 0.717) is 36.7 Å². The van der Waals surface area contributed by atoms with Gasteiger partial charge in [0.05, 0.1) is 23.7 Å². The number of hydrogen-bond acceptors (Lipinski definition) is 4. The number of rotatable bonds is 2. The Morgan fingerprint density at radius 1 is 1.12 bits per heavy atom. The van der Waals surface area contributed by atoms with Crippen molar-refractivity contribution in [2.24, 2.45) is 0 Å². The van der Waals surface area contributed by atoms with Crippen LogP contribution < -0.4 is 13.9 Å². The van der Waals surface area contributed by atoms with E-state index < -0.39 is 15.8 Å². The van der Waals surface area contributed by atoms with Crippen molar-refractivity contribution in [3.63, 3.8) is 0 Å². The van der Waals surface area contributed by atoms with Crippen molar-refractivity contribution < 1.29 is 17.5 Å². The van der Waals surface area contributed by atoms with Gasteiger partial charge in [0.2, 0.25) is 0 Å². The van der Waals surface area contributed by atoms with Gasteiger partial charge in [0.1, 0.15) is 23.9 Å². The van der Waals surface area contributed by atoms with Crippen LogP contribution in [-0.4, -0.2) is 34.7 Å². The summed E-state index contributed by atoms with van der Waals surface area (Å²) in [5, 5.41) is 0. The maximum absolute atomic E-state index is 13.5. The van der Waals surface area contributed by atoms with Crippen LogP contribution in [0.15, 0.2) is 41.3 Å². The molecule has 2 aromatic carbocycles. The summed E-state index contributed by atoms with van der Waals surface area (Å²) in [6.07, 6.45) is 0. The summed E-state index contributed by atoms with van der Waals surface area (Å²) in [4.78, 5) is 2.25. The number of halogens is 1. The lowest BCUT2D eigenvalue weighted by atomic mass is 10.1. The van der Waals surface area contributed by atoms with E-state index in [1.807, 2.05) is 6.07 Å². The normalized spacial score (nSPS) is 16.6. The van der Waals surface area contributed by atoms with Crippen LogP contribution in [-0.2, 0) is 10.0 Å². The van der Waals surface area contributed by atoms with Crippen molar-refractivity contribution in [1.29, 1.82) is 0 Å². The highest BCUT2D eigenvalue weighted by atomic mass is 32.2. The number of aryl methyl sites for hydroxylation is 1. The minimum Gasteiger partial charge on any atom is -0.489 e. The first-order valence-corrected chi connectivity index (χ1v) is 9.22. The number of anilines is 2. The molecule has 0 unspecified atom stereocenters. The molecule has 126 valence electrons. The fraction of sp³-hybridized carbons (Fsp3) is 0.294. The minimum atomic E-state index is -3.75. The molecule has 0 aromatic heterocycles. The summed E-state index contributed by atoms with van der Waals surface area (Å²) in [7, 11) is -3.75. The van der Waals surface area contributed by atoms with Crippen LogP contribution in [0.3, 0.4) is 0 Å². The highest BCUT2D eigenvalue weighted by molar-refractivity contribution is 7.92. The Morgan fingerprint density at radius 3 is 2.75 bits per heavy atom. The predicted octanol–water partition coefficient (Wildman–Crippen LogP) is 2.54. The molecule has 4 rings (SSSR count). The summed E-state index contributed by atoms with van der Waals surface area (Å²) >= 11 is 0. The molecular weight excluding hydrogens is 331 g/mol. The van der Waals surface area contributed by atoms with Gasteiger partial charge in [-0.1, -0.05) is 6.07 Å². The maximum atomic E-state index is 13.5. The number of benzene rings is 2. The van der Waals surface area contributed by atoms with Crippen molar-refractivity contribution in [2.45, 2.75) is 11.8 Å². The Hall–Kier alpha value is -2.28. The van der Waals surface area contributed by atoms with Gasteiger partial charge < -0.3 is 9.64 Å². The first kappa shape index (κ1) is 15.3. The van der Waals surface area contributed by atoms with Crippen molar-refractivity contribution in [3.8, 4) is 5.75 Å². The minimum absolute atomic E-state index is 0.101. The van der Waals surface area contributed by atoms with E-state index in [0.717, 1.165) is 12.2 Å². The van der Waals surface area contributed by atoms with E-state index in [9.17, 15) is 12.8 Å². The molecule has 0 amide bonds. The monoisotopic (exact) mass is 348 g/mol. The summed E-state index contributed by atoms with van der Waals surface area (Å²) in [6.45, 7) is 3.86. The van der Waals surface area contributed by atoms with Crippen LogP contribution in [0.1, 0.15) is 5.56 Å². The summed E-state index contributed by atoms with van der Waals surface area (Å²) in [6, 6.07) is 9.32. The van der Waals surface area contributed by atoms with Crippen molar-refractivity contribution in [1.82, 2.24) is 0 Å². The highest BCUT2D eigenvalue weighted by Crippen LogP contribution is 2.44. The molecule has 0 aliphatic carbocycles. The third-order valence-corrected chi connectivity index (χ3v) is 6.28. The number of para-hydroxylation sites is 1. The molecule has 2 aliphatic heterocycles. The second kappa shape index (κ2) is 5.37. The second-order valence-electron chi connectivity index (χ2n) is 5.95. The Morgan fingerprint density at radius 2 is 1.96 bits per heavy atom. The molecule has 0 N–H and O–H groups in total. The van der Waals surface area contributed by atoms with Gasteiger partial charge in [0.25, 0.3) is 10.0 Å². The molecular formula is C17H17FN2O3S. The fourth-order valence-electron chi connectivity index (χ4n) is 3.23. The quantitative estimate of drug-likeness (QED) is 0.837. The van der Waals surface area contributed by atoms with E-state index in [4.69, 9.17) is 4.74 Å². The summed E-state index contributed by atoms with van der Waals surface area (Å²) in [5.41, 5.74) is 1.74. The Labute approximate surface area is 140 Å². The van der Waals surface area contributed by atoms with E-state index in [2.05, 4.69) is 4.90 Å². The Bertz CT molecular complexity index is 914. The average Bonchev–Trinajstić information content (AvgIpc) is 2.58.